The maximum atomic E-state index is 4.42. The Morgan fingerprint density at radius 3 is 2.67 bits per heavy atom. The first-order chi connectivity index (χ1) is 7.38. The van der Waals surface area contributed by atoms with E-state index >= 15 is 0 Å². The number of aromatic nitrogens is 2. The molecule has 3 nitrogen and oxygen atoms in total. The van der Waals surface area contributed by atoms with Crippen molar-refractivity contribution in [2.75, 3.05) is 12.4 Å². The highest BCUT2D eigenvalue weighted by molar-refractivity contribution is 7.99. The first kappa shape index (κ1) is 9.98. The molecular weight excluding hydrogens is 206 g/mol. The summed E-state index contributed by atoms with van der Waals surface area (Å²) >= 11 is 1.63. The highest BCUT2D eigenvalue weighted by Gasteiger charge is 1.98. The molecule has 15 heavy (non-hydrogen) atoms. The van der Waals surface area contributed by atoms with Crippen LogP contribution >= 0.6 is 11.8 Å². The van der Waals surface area contributed by atoms with Crippen LogP contribution < -0.4 is 5.32 Å². The molecule has 0 atom stereocenters. The number of hydrogen-bond acceptors (Lipinski definition) is 4. The molecule has 0 aromatic carbocycles. The predicted molar refractivity (Wildman–Crippen MR) is 62.1 cm³/mol. The van der Waals surface area contributed by atoms with Gasteiger partial charge in [0.2, 0.25) is 0 Å². The van der Waals surface area contributed by atoms with Gasteiger partial charge in [0, 0.05) is 24.3 Å². The molecule has 0 spiro atoms. The van der Waals surface area contributed by atoms with E-state index in [4.69, 9.17) is 0 Å². The van der Waals surface area contributed by atoms with E-state index in [0.29, 0.717) is 0 Å². The van der Waals surface area contributed by atoms with E-state index in [-0.39, 0.29) is 0 Å². The molecule has 0 radical (unpaired) electrons. The lowest BCUT2D eigenvalue weighted by Crippen LogP contribution is -1.91. The molecular formula is C11H11N3S. The van der Waals surface area contributed by atoms with E-state index in [1.807, 2.05) is 37.4 Å². The van der Waals surface area contributed by atoms with Gasteiger partial charge >= 0.3 is 0 Å². The number of anilines is 1. The quantitative estimate of drug-likeness (QED) is 0.857. The minimum atomic E-state index is 0.883. The summed E-state index contributed by atoms with van der Waals surface area (Å²) in [7, 11) is 1.86. The minimum absolute atomic E-state index is 0.883. The summed E-state index contributed by atoms with van der Waals surface area (Å²) in [5.41, 5.74) is 0. The van der Waals surface area contributed by atoms with Gasteiger partial charge in [0.05, 0.1) is 0 Å². The van der Waals surface area contributed by atoms with Gasteiger partial charge in [-0.25, -0.2) is 4.98 Å². The maximum absolute atomic E-state index is 4.42. The van der Waals surface area contributed by atoms with Crippen molar-refractivity contribution in [1.29, 1.82) is 0 Å². The summed E-state index contributed by atoms with van der Waals surface area (Å²) in [6.07, 6.45) is 3.56. The maximum Gasteiger partial charge on any atom is 0.127 e. The number of nitrogens with zero attached hydrogens (tertiary/aromatic N) is 2. The summed E-state index contributed by atoms with van der Waals surface area (Å²) in [5, 5.41) is 4.00. The molecule has 4 heteroatoms. The van der Waals surface area contributed by atoms with Crippen molar-refractivity contribution in [2.24, 2.45) is 0 Å². The summed E-state index contributed by atoms with van der Waals surface area (Å²) in [6, 6.07) is 9.86. The van der Waals surface area contributed by atoms with Gasteiger partial charge in [-0.1, -0.05) is 17.8 Å². The van der Waals surface area contributed by atoms with Crippen LogP contribution in [-0.2, 0) is 0 Å². The van der Waals surface area contributed by atoms with E-state index in [0.717, 1.165) is 15.7 Å². The molecule has 0 amide bonds. The van der Waals surface area contributed by atoms with Gasteiger partial charge in [0.15, 0.2) is 0 Å². The van der Waals surface area contributed by atoms with Gasteiger partial charge in [-0.3, -0.25) is 4.98 Å². The Bertz CT molecular complexity index is 431. The van der Waals surface area contributed by atoms with Crippen molar-refractivity contribution in [3.05, 3.63) is 42.7 Å². The van der Waals surface area contributed by atoms with Crippen LogP contribution in [0.1, 0.15) is 0 Å². The van der Waals surface area contributed by atoms with Crippen LogP contribution in [0.15, 0.2) is 52.6 Å². The molecule has 2 rings (SSSR count). The Balaban J connectivity index is 2.17. The van der Waals surface area contributed by atoms with Gasteiger partial charge in [0.1, 0.15) is 10.8 Å². The Hall–Kier alpha value is -1.55. The van der Waals surface area contributed by atoms with Crippen molar-refractivity contribution in [3.63, 3.8) is 0 Å². The van der Waals surface area contributed by atoms with E-state index in [9.17, 15) is 0 Å². The van der Waals surface area contributed by atoms with Crippen LogP contribution in [-0.4, -0.2) is 17.0 Å². The van der Waals surface area contributed by atoms with Gasteiger partial charge in [-0.2, -0.15) is 0 Å². The van der Waals surface area contributed by atoms with E-state index in [1.165, 1.54) is 0 Å². The zero-order valence-corrected chi connectivity index (χ0v) is 9.16. The van der Waals surface area contributed by atoms with Crippen LogP contribution in [0, 0.1) is 0 Å². The van der Waals surface area contributed by atoms with E-state index < -0.39 is 0 Å². The second-order valence-corrected chi connectivity index (χ2v) is 3.99. The van der Waals surface area contributed by atoms with Crippen LogP contribution in [0.25, 0.3) is 0 Å². The van der Waals surface area contributed by atoms with Gasteiger partial charge in [-0.05, 0) is 24.3 Å². The third-order valence-electron chi connectivity index (χ3n) is 1.85. The molecule has 0 fully saturated rings. The number of hydrogen-bond donors (Lipinski definition) is 1. The first-order valence-corrected chi connectivity index (χ1v) is 5.43. The standard InChI is InChI=1S/C11H11N3S/c1-12-10-3-2-4-11(14-10)15-9-5-7-13-8-6-9/h2-8H,1H3,(H,12,14). The fraction of sp³-hybridized carbons (Fsp3) is 0.0909. The number of nitrogens with one attached hydrogen (secondary N) is 1. The first-order valence-electron chi connectivity index (χ1n) is 4.61. The fourth-order valence-corrected chi connectivity index (χ4v) is 1.93. The lowest BCUT2D eigenvalue weighted by molar-refractivity contribution is 1.12. The largest absolute Gasteiger partial charge is 0.373 e. The lowest BCUT2D eigenvalue weighted by atomic mass is 10.5. The Morgan fingerprint density at radius 2 is 1.93 bits per heavy atom. The van der Waals surface area contributed by atoms with Gasteiger partial charge in [0.25, 0.3) is 0 Å². The molecule has 0 unspecified atom stereocenters. The fourth-order valence-electron chi connectivity index (χ4n) is 1.14. The molecule has 76 valence electrons. The molecule has 2 aromatic heterocycles. The normalized spacial score (nSPS) is 9.93. The average Bonchev–Trinajstić information content (AvgIpc) is 2.31. The van der Waals surface area contributed by atoms with Crippen molar-refractivity contribution in [1.82, 2.24) is 9.97 Å². The zero-order chi connectivity index (χ0) is 10.5. The van der Waals surface area contributed by atoms with Crippen molar-refractivity contribution in [3.8, 4) is 0 Å². The monoisotopic (exact) mass is 217 g/mol. The Kier molecular flexibility index (Phi) is 3.19. The van der Waals surface area contributed by atoms with Crippen LogP contribution in [0.3, 0.4) is 0 Å². The minimum Gasteiger partial charge on any atom is -0.373 e. The SMILES string of the molecule is CNc1cccc(Sc2ccncc2)n1. The Morgan fingerprint density at radius 1 is 1.13 bits per heavy atom. The lowest BCUT2D eigenvalue weighted by Gasteiger charge is -2.02. The van der Waals surface area contributed by atoms with E-state index in [2.05, 4.69) is 15.3 Å². The molecule has 0 bridgehead atoms. The molecule has 2 aromatic rings. The predicted octanol–water partition coefficient (Wildman–Crippen LogP) is 2.67. The van der Waals surface area contributed by atoms with Crippen molar-refractivity contribution in [2.45, 2.75) is 9.92 Å². The zero-order valence-electron chi connectivity index (χ0n) is 8.34. The smallest absolute Gasteiger partial charge is 0.127 e. The second kappa shape index (κ2) is 4.79. The topological polar surface area (TPSA) is 37.8 Å². The summed E-state index contributed by atoms with van der Waals surface area (Å²) in [6.45, 7) is 0. The van der Waals surface area contributed by atoms with Crippen LogP contribution in [0.4, 0.5) is 5.82 Å². The summed E-state index contributed by atoms with van der Waals surface area (Å²) in [5.74, 6) is 0.883. The Labute approximate surface area is 93.0 Å². The summed E-state index contributed by atoms with van der Waals surface area (Å²) < 4.78 is 0. The molecule has 2 heterocycles. The number of rotatable bonds is 3. The molecule has 0 saturated carbocycles. The van der Waals surface area contributed by atoms with Gasteiger partial charge in [-0.15, -0.1) is 0 Å². The van der Waals surface area contributed by atoms with Crippen LogP contribution in [0.5, 0.6) is 0 Å². The highest BCUT2D eigenvalue weighted by Crippen LogP contribution is 2.25. The van der Waals surface area contributed by atoms with Crippen LogP contribution in [0.2, 0.25) is 0 Å². The second-order valence-electron chi connectivity index (χ2n) is 2.90. The van der Waals surface area contributed by atoms with Crippen molar-refractivity contribution < 1.29 is 0 Å². The van der Waals surface area contributed by atoms with Crippen molar-refractivity contribution >= 4 is 17.6 Å². The average molecular weight is 217 g/mol. The molecule has 0 aliphatic heterocycles. The third-order valence-corrected chi connectivity index (χ3v) is 2.80. The molecule has 0 aliphatic carbocycles. The van der Waals surface area contributed by atoms with Gasteiger partial charge < -0.3 is 5.32 Å². The highest BCUT2D eigenvalue weighted by atomic mass is 32.2. The molecule has 0 saturated heterocycles. The summed E-state index contributed by atoms with van der Waals surface area (Å²) in [4.78, 5) is 9.54. The third kappa shape index (κ3) is 2.70. The number of pyridine rings is 2. The molecule has 1 N–H and O–H groups in total. The van der Waals surface area contributed by atoms with E-state index in [1.54, 1.807) is 24.2 Å². The molecule has 0 aliphatic rings.